The van der Waals surface area contributed by atoms with E-state index in [0.717, 1.165) is 22.5 Å². The zero-order chi connectivity index (χ0) is 21.6. The number of amides is 1. The van der Waals surface area contributed by atoms with Gasteiger partial charge < -0.3 is 5.32 Å². The van der Waals surface area contributed by atoms with E-state index in [1.165, 1.54) is 40.8 Å². The minimum atomic E-state index is -0.262. The van der Waals surface area contributed by atoms with Crippen molar-refractivity contribution in [1.82, 2.24) is 25.2 Å². The lowest BCUT2D eigenvalue weighted by Gasteiger charge is -2.05. The molecule has 2 aromatic carbocycles. The highest BCUT2D eigenvalue weighted by Gasteiger charge is 2.13. The van der Waals surface area contributed by atoms with Crippen LogP contribution in [-0.4, -0.2) is 36.9 Å². The van der Waals surface area contributed by atoms with Crippen LogP contribution in [0.25, 0.3) is 5.69 Å². The number of anilines is 1. The van der Waals surface area contributed by atoms with Crippen LogP contribution >= 0.6 is 23.1 Å². The van der Waals surface area contributed by atoms with Gasteiger partial charge in [-0.3, -0.25) is 4.79 Å². The molecule has 4 rings (SSSR count). The summed E-state index contributed by atoms with van der Waals surface area (Å²) >= 11 is 2.65. The summed E-state index contributed by atoms with van der Waals surface area (Å²) in [5.41, 5.74) is 3.06. The number of tetrazole rings is 1. The topological polar surface area (TPSA) is 85.6 Å². The second-order valence-electron chi connectivity index (χ2n) is 6.67. The van der Waals surface area contributed by atoms with Crippen LogP contribution in [0.2, 0.25) is 0 Å². The van der Waals surface area contributed by atoms with Crippen molar-refractivity contribution in [2.75, 3.05) is 11.1 Å². The van der Waals surface area contributed by atoms with Gasteiger partial charge in [0.15, 0.2) is 5.13 Å². The minimum Gasteiger partial charge on any atom is -0.301 e. The molecule has 0 aliphatic heterocycles. The first-order chi connectivity index (χ1) is 15.1. The maximum atomic E-state index is 13.0. The smallest absolute Gasteiger partial charge is 0.236 e. The highest BCUT2D eigenvalue weighted by molar-refractivity contribution is 7.99. The maximum Gasteiger partial charge on any atom is 0.236 e. The first-order valence-corrected chi connectivity index (χ1v) is 11.4. The normalized spacial score (nSPS) is 10.9. The van der Waals surface area contributed by atoms with Gasteiger partial charge in [-0.2, -0.15) is 4.68 Å². The van der Waals surface area contributed by atoms with Gasteiger partial charge in [0.25, 0.3) is 0 Å². The molecule has 0 saturated heterocycles. The molecule has 0 unspecified atom stereocenters. The van der Waals surface area contributed by atoms with E-state index >= 15 is 0 Å². The van der Waals surface area contributed by atoms with Crippen molar-refractivity contribution < 1.29 is 9.18 Å². The third-order valence-corrected chi connectivity index (χ3v) is 6.29. The lowest BCUT2D eigenvalue weighted by molar-refractivity contribution is -0.113. The summed E-state index contributed by atoms with van der Waals surface area (Å²) in [5.74, 6) is -0.300. The van der Waals surface area contributed by atoms with Crippen molar-refractivity contribution in [2.45, 2.75) is 24.9 Å². The van der Waals surface area contributed by atoms with Gasteiger partial charge in [0.05, 0.1) is 11.4 Å². The number of thioether (sulfide) groups is 1. The van der Waals surface area contributed by atoms with Crippen molar-refractivity contribution in [3.63, 3.8) is 0 Å². The van der Waals surface area contributed by atoms with Crippen molar-refractivity contribution in [1.29, 1.82) is 0 Å². The standard InChI is InChI=1S/C21H19FN6OS2/c1-2-14-5-9-17(10-6-14)28-21(25-26-27-28)30-13-19(29)24-20-23-12-18(31-20)11-15-3-7-16(22)8-4-15/h3-10,12H,2,11,13H2,1H3,(H,23,24,29). The third-order valence-electron chi connectivity index (χ3n) is 4.45. The number of aryl methyl sites for hydroxylation is 1. The Bertz CT molecular complexity index is 1160. The summed E-state index contributed by atoms with van der Waals surface area (Å²) in [7, 11) is 0. The first kappa shape index (κ1) is 21.1. The van der Waals surface area contributed by atoms with Crippen LogP contribution < -0.4 is 5.32 Å². The van der Waals surface area contributed by atoms with E-state index in [-0.39, 0.29) is 17.5 Å². The van der Waals surface area contributed by atoms with E-state index in [2.05, 4.69) is 32.7 Å². The Balaban J connectivity index is 1.32. The Morgan fingerprint density at radius 3 is 2.61 bits per heavy atom. The number of hydrogen-bond acceptors (Lipinski definition) is 7. The van der Waals surface area contributed by atoms with Crippen LogP contribution in [0, 0.1) is 5.82 Å². The van der Waals surface area contributed by atoms with E-state index in [1.807, 2.05) is 24.3 Å². The Morgan fingerprint density at radius 1 is 1.13 bits per heavy atom. The second-order valence-corrected chi connectivity index (χ2v) is 8.72. The van der Waals surface area contributed by atoms with Gasteiger partial charge in [0.1, 0.15) is 5.82 Å². The fourth-order valence-corrected chi connectivity index (χ4v) is 4.39. The monoisotopic (exact) mass is 454 g/mol. The summed E-state index contributed by atoms with van der Waals surface area (Å²) in [6.07, 6.45) is 3.31. The van der Waals surface area contributed by atoms with Gasteiger partial charge in [-0.1, -0.05) is 43.0 Å². The van der Waals surface area contributed by atoms with Gasteiger partial charge in [-0.25, -0.2) is 9.37 Å². The number of aromatic nitrogens is 5. The molecule has 0 spiro atoms. The highest BCUT2D eigenvalue weighted by atomic mass is 32.2. The van der Waals surface area contributed by atoms with Crippen molar-refractivity contribution >= 4 is 34.1 Å². The molecule has 0 atom stereocenters. The largest absolute Gasteiger partial charge is 0.301 e. The molecule has 10 heteroatoms. The van der Waals surface area contributed by atoms with Gasteiger partial charge in [-0.15, -0.1) is 16.4 Å². The number of carbonyl (C=O) groups is 1. The number of thiazole rings is 1. The van der Waals surface area contributed by atoms with Crippen LogP contribution in [0.4, 0.5) is 9.52 Å². The lowest BCUT2D eigenvalue weighted by atomic mass is 10.1. The number of nitrogens with zero attached hydrogens (tertiary/aromatic N) is 5. The number of nitrogens with one attached hydrogen (secondary N) is 1. The molecule has 0 fully saturated rings. The van der Waals surface area contributed by atoms with Crippen LogP contribution in [0.15, 0.2) is 59.9 Å². The third kappa shape index (κ3) is 5.53. The highest BCUT2D eigenvalue weighted by Crippen LogP contribution is 2.23. The predicted molar refractivity (Wildman–Crippen MR) is 119 cm³/mol. The fraction of sp³-hybridized carbons (Fsp3) is 0.190. The summed E-state index contributed by atoms with van der Waals surface area (Å²) in [6.45, 7) is 2.10. The van der Waals surface area contributed by atoms with Crippen molar-refractivity contribution in [2.24, 2.45) is 0 Å². The van der Waals surface area contributed by atoms with Crippen LogP contribution in [0.5, 0.6) is 0 Å². The minimum absolute atomic E-state index is 0.153. The number of rotatable bonds is 8. The predicted octanol–water partition coefficient (Wildman–Crippen LogP) is 4.14. The van der Waals surface area contributed by atoms with Gasteiger partial charge in [0.2, 0.25) is 11.1 Å². The molecule has 0 aliphatic carbocycles. The summed E-state index contributed by atoms with van der Waals surface area (Å²) in [6, 6.07) is 14.3. The molecule has 0 aliphatic rings. The quantitative estimate of drug-likeness (QED) is 0.403. The van der Waals surface area contributed by atoms with E-state index in [0.29, 0.717) is 16.7 Å². The number of hydrogen-bond donors (Lipinski definition) is 1. The Kier molecular flexibility index (Phi) is 6.68. The molecular formula is C21H19FN6OS2. The molecule has 2 heterocycles. The lowest BCUT2D eigenvalue weighted by Crippen LogP contribution is -2.14. The van der Waals surface area contributed by atoms with Crippen molar-refractivity contribution in [3.05, 3.63) is 76.5 Å². The van der Waals surface area contributed by atoms with Gasteiger partial charge >= 0.3 is 0 Å². The Labute approximate surface area is 186 Å². The molecule has 0 bridgehead atoms. The van der Waals surface area contributed by atoms with E-state index in [9.17, 15) is 9.18 Å². The van der Waals surface area contributed by atoms with Gasteiger partial charge in [0, 0.05) is 17.5 Å². The van der Waals surface area contributed by atoms with Crippen LogP contribution in [0.1, 0.15) is 22.9 Å². The summed E-state index contributed by atoms with van der Waals surface area (Å²) < 4.78 is 14.6. The molecule has 0 saturated carbocycles. The second kappa shape index (κ2) is 9.80. The Hall–Kier alpha value is -3.11. The Morgan fingerprint density at radius 2 is 1.87 bits per heavy atom. The molecule has 1 N–H and O–H groups in total. The average Bonchev–Trinajstić information content (AvgIpc) is 3.43. The van der Waals surface area contributed by atoms with Crippen LogP contribution in [-0.2, 0) is 17.6 Å². The molecule has 1 amide bonds. The average molecular weight is 455 g/mol. The van der Waals surface area contributed by atoms with E-state index in [4.69, 9.17) is 0 Å². The van der Waals surface area contributed by atoms with Gasteiger partial charge in [-0.05, 0) is 52.2 Å². The molecule has 7 nitrogen and oxygen atoms in total. The summed E-state index contributed by atoms with van der Waals surface area (Å²) in [4.78, 5) is 17.6. The number of benzene rings is 2. The SMILES string of the molecule is CCc1ccc(-n2nnnc2SCC(=O)Nc2ncc(Cc3ccc(F)cc3)s2)cc1. The maximum absolute atomic E-state index is 13.0. The fourth-order valence-electron chi connectivity index (χ4n) is 2.84. The molecule has 0 radical (unpaired) electrons. The molecule has 2 aromatic heterocycles. The molecular weight excluding hydrogens is 435 g/mol. The molecule has 4 aromatic rings. The zero-order valence-corrected chi connectivity index (χ0v) is 18.3. The zero-order valence-electron chi connectivity index (χ0n) is 16.7. The number of carbonyl (C=O) groups excluding carboxylic acids is 1. The molecule has 31 heavy (non-hydrogen) atoms. The van der Waals surface area contributed by atoms with E-state index < -0.39 is 0 Å². The summed E-state index contributed by atoms with van der Waals surface area (Å²) in [5, 5.41) is 15.6. The first-order valence-electron chi connectivity index (χ1n) is 9.60. The van der Waals surface area contributed by atoms with Crippen LogP contribution in [0.3, 0.4) is 0 Å². The molecule has 158 valence electrons. The number of halogens is 1. The van der Waals surface area contributed by atoms with E-state index in [1.54, 1.807) is 23.0 Å². The van der Waals surface area contributed by atoms with Crippen molar-refractivity contribution in [3.8, 4) is 5.69 Å².